The summed E-state index contributed by atoms with van der Waals surface area (Å²) in [4.78, 5) is 16.9. The number of carbonyl (C=O) groups is 1. The Morgan fingerprint density at radius 1 is 1.03 bits per heavy atom. The first kappa shape index (κ1) is 20.3. The van der Waals surface area contributed by atoms with Crippen LogP contribution in [-0.2, 0) is 35.5 Å². The van der Waals surface area contributed by atoms with E-state index in [9.17, 15) is 4.79 Å². The summed E-state index contributed by atoms with van der Waals surface area (Å²) >= 11 is 0. The standard InChI is InChI=1S/C25H26N2O2/c1-4-15-27-23(18-29-25(28)19(2)3)22(16-20-11-7-5-8-12-20)26-24(27)17-21-13-9-6-10-14-21/h4-14H,1-2,15-18H2,3H3. The molecule has 1 aromatic heterocycles. The van der Waals surface area contributed by atoms with Gasteiger partial charge in [-0.3, -0.25) is 0 Å². The smallest absolute Gasteiger partial charge is 0.333 e. The van der Waals surface area contributed by atoms with Crippen LogP contribution in [0.4, 0.5) is 0 Å². The fourth-order valence-electron chi connectivity index (χ4n) is 3.20. The van der Waals surface area contributed by atoms with E-state index < -0.39 is 5.97 Å². The molecule has 0 fully saturated rings. The van der Waals surface area contributed by atoms with Crippen LogP contribution in [0.15, 0.2) is 85.5 Å². The van der Waals surface area contributed by atoms with Gasteiger partial charge in [0.15, 0.2) is 0 Å². The third-order valence-electron chi connectivity index (χ3n) is 4.65. The molecule has 0 spiro atoms. The third kappa shape index (κ3) is 5.32. The van der Waals surface area contributed by atoms with Gasteiger partial charge in [-0.05, 0) is 18.1 Å². The fraction of sp³-hybridized carbons (Fsp3) is 0.200. The van der Waals surface area contributed by atoms with Gasteiger partial charge in [0.25, 0.3) is 0 Å². The molecule has 0 aliphatic rings. The average molecular weight is 386 g/mol. The highest BCUT2D eigenvalue weighted by Crippen LogP contribution is 2.20. The molecule has 0 aliphatic carbocycles. The summed E-state index contributed by atoms with van der Waals surface area (Å²) in [6.07, 6.45) is 3.21. The number of benzene rings is 2. The minimum Gasteiger partial charge on any atom is -0.456 e. The maximum Gasteiger partial charge on any atom is 0.333 e. The second kappa shape index (κ2) is 9.69. The molecule has 1 heterocycles. The highest BCUT2D eigenvalue weighted by molar-refractivity contribution is 5.86. The molecule has 4 nitrogen and oxygen atoms in total. The number of hydrogen-bond donors (Lipinski definition) is 0. The van der Waals surface area contributed by atoms with Crippen LogP contribution in [0.3, 0.4) is 0 Å². The maximum absolute atomic E-state index is 12.0. The molecule has 0 N–H and O–H groups in total. The molecule has 0 radical (unpaired) electrons. The minimum atomic E-state index is -0.397. The lowest BCUT2D eigenvalue weighted by Crippen LogP contribution is -2.12. The monoisotopic (exact) mass is 386 g/mol. The molecule has 0 bridgehead atoms. The predicted molar refractivity (Wildman–Crippen MR) is 116 cm³/mol. The molecule has 0 amide bonds. The first-order valence-corrected chi connectivity index (χ1v) is 9.67. The van der Waals surface area contributed by atoms with E-state index in [1.807, 2.05) is 42.5 Å². The molecule has 3 aromatic rings. The molecule has 0 aliphatic heterocycles. The average Bonchev–Trinajstić information content (AvgIpc) is 3.03. The minimum absolute atomic E-state index is 0.156. The van der Waals surface area contributed by atoms with Crippen LogP contribution in [0.25, 0.3) is 0 Å². The zero-order valence-electron chi connectivity index (χ0n) is 16.8. The molecular weight excluding hydrogens is 360 g/mol. The molecule has 4 heteroatoms. The van der Waals surface area contributed by atoms with Crippen molar-refractivity contribution in [1.82, 2.24) is 9.55 Å². The topological polar surface area (TPSA) is 44.1 Å². The van der Waals surface area contributed by atoms with Crippen LogP contribution in [-0.4, -0.2) is 15.5 Å². The van der Waals surface area contributed by atoms with Crippen molar-refractivity contribution >= 4 is 5.97 Å². The summed E-state index contributed by atoms with van der Waals surface area (Å²) in [7, 11) is 0. The molecule has 0 atom stereocenters. The maximum atomic E-state index is 12.0. The largest absolute Gasteiger partial charge is 0.456 e. The van der Waals surface area contributed by atoms with Crippen LogP contribution in [0.2, 0.25) is 0 Å². The van der Waals surface area contributed by atoms with Crippen LogP contribution in [0.5, 0.6) is 0 Å². The van der Waals surface area contributed by atoms with E-state index in [-0.39, 0.29) is 6.61 Å². The van der Waals surface area contributed by atoms with Crippen molar-refractivity contribution in [3.05, 3.63) is 114 Å². The zero-order valence-corrected chi connectivity index (χ0v) is 16.8. The Balaban J connectivity index is 1.98. The van der Waals surface area contributed by atoms with Crippen LogP contribution < -0.4 is 0 Å². The summed E-state index contributed by atoms with van der Waals surface area (Å²) in [5.74, 6) is 0.537. The van der Waals surface area contributed by atoms with E-state index in [1.54, 1.807) is 6.92 Å². The van der Waals surface area contributed by atoms with E-state index >= 15 is 0 Å². The summed E-state index contributed by atoms with van der Waals surface area (Å²) in [6, 6.07) is 20.4. The molecule has 148 valence electrons. The Hall–Kier alpha value is -3.40. The zero-order chi connectivity index (χ0) is 20.6. The van der Waals surface area contributed by atoms with Crippen molar-refractivity contribution in [3.63, 3.8) is 0 Å². The molecular formula is C25H26N2O2. The van der Waals surface area contributed by atoms with Crippen LogP contribution >= 0.6 is 0 Å². The van der Waals surface area contributed by atoms with Gasteiger partial charge in [0.1, 0.15) is 12.4 Å². The number of hydrogen-bond acceptors (Lipinski definition) is 3. The van der Waals surface area contributed by atoms with Crippen molar-refractivity contribution in [2.45, 2.75) is 32.9 Å². The van der Waals surface area contributed by atoms with Gasteiger partial charge in [0, 0.05) is 25.0 Å². The Kier molecular flexibility index (Phi) is 6.80. The molecule has 29 heavy (non-hydrogen) atoms. The lowest BCUT2D eigenvalue weighted by atomic mass is 10.1. The van der Waals surface area contributed by atoms with Crippen molar-refractivity contribution in [2.75, 3.05) is 0 Å². The van der Waals surface area contributed by atoms with Crippen molar-refractivity contribution in [1.29, 1.82) is 0 Å². The molecule has 0 saturated carbocycles. The SMILES string of the molecule is C=CCn1c(Cc2ccccc2)nc(Cc2ccccc2)c1COC(=O)C(=C)C. The first-order valence-electron chi connectivity index (χ1n) is 9.67. The van der Waals surface area contributed by atoms with E-state index in [1.165, 1.54) is 5.56 Å². The lowest BCUT2D eigenvalue weighted by molar-refractivity contribution is -0.140. The Bertz CT molecular complexity index is 988. The number of allylic oxidation sites excluding steroid dienone is 1. The summed E-state index contributed by atoms with van der Waals surface area (Å²) < 4.78 is 7.59. The van der Waals surface area contributed by atoms with E-state index in [0.717, 1.165) is 22.8 Å². The van der Waals surface area contributed by atoms with Crippen molar-refractivity contribution in [2.24, 2.45) is 0 Å². The van der Waals surface area contributed by atoms with Crippen molar-refractivity contribution in [3.8, 4) is 0 Å². The molecule has 0 saturated heterocycles. The summed E-state index contributed by atoms with van der Waals surface area (Å²) in [5.41, 5.74) is 4.54. The van der Waals surface area contributed by atoms with Gasteiger partial charge in [-0.15, -0.1) is 6.58 Å². The Morgan fingerprint density at radius 3 is 2.17 bits per heavy atom. The van der Waals surface area contributed by atoms with Crippen LogP contribution in [0, 0.1) is 0 Å². The number of aromatic nitrogens is 2. The van der Waals surface area contributed by atoms with E-state index in [0.29, 0.717) is 25.0 Å². The first-order chi connectivity index (χ1) is 14.1. The highest BCUT2D eigenvalue weighted by atomic mass is 16.5. The van der Waals surface area contributed by atoms with Gasteiger partial charge >= 0.3 is 5.97 Å². The van der Waals surface area contributed by atoms with Gasteiger partial charge in [0.05, 0.1) is 11.4 Å². The summed E-state index contributed by atoms with van der Waals surface area (Å²) in [6.45, 7) is 9.96. The number of ether oxygens (including phenoxy) is 1. The number of carbonyl (C=O) groups excluding carboxylic acids is 1. The highest BCUT2D eigenvalue weighted by Gasteiger charge is 2.19. The third-order valence-corrected chi connectivity index (χ3v) is 4.65. The molecule has 3 rings (SSSR count). The van der Waals surface area contributed by atoms with Gasteiger partial charge in [-0.25, -0.2) is 9.78 Å². The van der Waals surface area contributed by atoms with E-state index in [4.69, 9.17) is 9.72 Å². The van der Waals surface area contributed by atoms with E-state index in [2.05, 4.69) is 42.0 Å². The van der Waals surface area contributed by atoms with Crippen LogP contribution in [0.1, 0.15) is 35.3 Å². The number of imidazole rings is 1. The quantitative estimate of drug-likeness (QED) is 0.299. The lowest BCUT2D eigenvalue weighted by Gasteiger charge is -2.12. The molecule has 2 aromatic carbocycles. The van der Waals surface area contributed by atoms with Gasteiger partial charge in [-0.1, -0.05) is 73.3 Å². The van der Waals surface area contributed by atoms with Gasteiger partial charge in [0.2, 0.25) is 0 Å². The summed E-state index contributed by atoms with van der Waals surface area (Å²) in [5, 5.41) is 0. The fourth-order valence-corrected chi connectivity index (χ4v) is 3.20. The Labute approximate surface area is 172 Å². The van der Waals surface area contributed by atoms with Gasteiger partial charge in [-0.2, -0.15) is 0 Å². The second-order valence-electron chi connectivity index (χ2n) is 7.00. The predicted octanol–water partition coefficient (Wildman–Crippen LogP) is 4.87. The van der Waals surface area contributed by atoms with Crippen molar-refractivity contribution < 1.29 is 9.53 Å². The molecule has 0 unspecified atom stereocenters. The number of rotatable bonds is 9. The Morgan fingerprint density at radius 2 is 1.62 bits per heavy atom. The number of esters is 1. The normalized spacial score (nSPS) is 10.5. The second-order valence-corrected chi connectivity index (χ2v) is 7.00. The van der Waals surface area contributed by atoms with Gasteiger partial charge < -0.3 is 9.30 Å². The number of nitrogens with zero attached hydrogens (tertiary/aromatic N) is 2.